The third-order valence-electron chi connectivity index (χ3n) is 6.04. The maximum Gasteiger partial charge on any atom is 0.415 e. The highest BCUT2D eigenvalue weighted by molar-refractivity contribution is 6.08. The van der Waals surface area contributed by atoms with E-state index >= 15 is 0 Å². The fourth-order valence-electron chi connectivity index (χ4n) is 4.01. The molecule has 0 fully saturated rings. The van der Waals surface area contributed by atoms with Gasteiger partial charge in [-0.25, -0.2) is 4.79 Å². The molecular formula is C28H34N4O5. The van der Waals surface area contributed by atoms with Crippen LogP contribution in [0.3, 0.4) is 0 Å². The Morgan fingerprint density at radius 1 is 1.08 bits per heavy atom. The predicted molar refractivity (Wildman–Crippen MR) is 142 cm³/mol. The van der Waals surface area contributed by atoms with Gasteiger partial charge < -0.3 is 19.8 Å². The number of ether oxygens (including phenoxy) is 2. The first-order valence-electron chi connectivity index (χ1n) is 12.4. The van der Waals surface area contributed by atoms with Crippen LogP contribution in [0, 0.1) is 5.41 Å². The van der Waals surface area contributed by atoms with Crippen LogP contribution in [-0.2, 0) is 23.0 Å². The second-order valence-electron chi connectivity index (χ2n) is 8.81. The Morgan fingerprint density at radius 2 is 1.81 bits per heavy atom. The summed E-state index contributed by atoms with van der Waals surface area (Å²) in [6.45, 7) is 4.14. The van der Waals surface area contributed by atoms with Crippen molar-refractivity contribution >= 4 is 34.6 Å². The number of carbonyl (C=O) groups excluding carboxylic acids is 3. The van der Waals surface area contributed by atoms with Crippen molar-refractivity contribution in [1.29, 1.82) is 5.41 Å². The number of hydrogen-bond donors (Lipinski definition) is 2. The number of aromatic nitrogens is 1. The zero-order valence-corrected chi connectivity index (χ0v) is 21.6. The first-order valence-corrected chi connectivity index (χ1v) is 12.4. The summed E-state index contributed by atoms with van der Waals surface area (Å²) in [6.07, 6.45) is 3.57. The average molecular weight is 507 g/mol. The molecule has 0 saturated heterocycles. The lowest BCUT2D eigenvalue weighted by Gasteiger charge is -2.20. The van der Waals surface area contributed by atoms with Crippen LogP contribution in [0.2, 0.25) is 0 Å². The van der Waals surface area contributed by atoms with Gasteiger partial charge in [-0.1, -0.05) is 37.6 Å². The lowest BCUT2D eigenvalue weighted by atomic mass is 10.0. The van der Waals surface area contributed by atoms with Crippen molar-refractivity contribution in [2.75, 3.05) is 19.7 Å². The third-order valence-corrected chi connectivity index (χ3v) is 6.04. The van der Waals surface area contributed by atoms with Crippen LogP contribution in [-0.4, -0.2) is 52.8 Å². The molecule has 3 aromatic rings. The summed E-state index contributed by atoms with van der Waals surface area (Å²) in [5.74, 6) is -0.221. The number of amides is 1. The van der Waals surface area contributed by atoms with E-state index in [0.717, 1.165) is 23.9 Å². The van der Waals surface area contributed by atoms with E-state index in [1.165, 1.54) is 4.90 Å². The van der Waals surface area contributed by atoms with Gasteiger partial charge in [0.25, 0.3) is 0 Å². The molecule has 0 radical (unpaired) electrons. The monoisotopic (exact) mass is 506 g/mol. The standard InChI is InChI=1S/C28H34N4O5/c1-4-6-15-32(18-26(34)36-5-2)28(35)37-21-12-13-24-22(16-21)23(17-31(24)3)25(33)14-9-19-7-10-20(11-8-19)27(29)30/h7-8,10-13,16-17H,4-6,9,14-15,18H2,1-3H3,(H3,29,30). The molecule has 0 aliphatic carbocycles. The molecule has 2 aromatic carbocycles. The first-order chi connectivity index (χ1) is 17.7. The molecule has 0 atom stereocenters. The Morgan fingerprint density at radius 3 is 2.46 bits per heavy atom. The molecular weight excluding hydrogens is 472 g/mol. The number of benzene rings is 2. The van der Waals surface area contributed by atoms with Crippen LogP contribution in [0.4, 0.5) is 4.79 Å². The number of carbonyl (C=O) groups is 3. The van der Waals surface area contributed by atoms with E-state index in [0.29, 0.717) is 41.6 Å². The van der Waals surface area contributed by atoms with Gasteiger partial charge in [0, 0.05) is 48.2 Å². The van der Waals surface area contributed by atoms with Gasteiger partial charge in [0.1, 0.15) is 18.1 Å². The lowest BCUT2D eigenvalue weighted by Crippen LogP contribution is -2.39. The average Bonchev–Trinajstić information content (AvgIpc) is 3.21. The molecule has 0 aliphatic heterocycles. The first kappa shape index (κ1) is 27.4. The number of ketones is 1. The molecule has 9 nitrogen and oxygen atoms in total. The summed E-state index contributed by atoms with van der Waals surface area (Å²) in [5, 5.41) is 8.18. The Bertz CT molecular complexity index is 1280. The van der Waals surface area contributed by atoms with Crippen LogP contribution in [0.1, 0.15) is 54.6 Å². The number of Topliss-reactive ketones (excluding diaryl/α,β-unsaturated/α-hetero) is 1. The zero-order valence-electron chi connectivity index (χ0n) is 21.6. The number of nitrogens with one attached hydrogen (secondary N) is 1. The number of nitrogens with two attached hydrogens (primary N) is 1. The van der Waals surface area contributed by atoms with Gasteiger partial charge in [-0.3, -0.25) is 19.9 Å². The molecule has 0 unspecified atom stereocenters. The fraction of sp³-hybridized carbons (Fsp3) is 0.357. The molecule has 196 valence electrons. The molecule has 0 spiro atoms. The van der Waals surface area contributed by atoms with Crippen LogP contribution < -0.4 is 10.5 Å². The molecule has 0 saturated carbocycles. The molecule has 0 aliphatic rings. The van der Waals surface area contributed by atoms with Crippen LogP contribution in [0.25, 0.3) is 10.9 Å². The minimum absolute atomic E-state index is 0.00395. The Hall–Kier alpha value is -4.14. The zero-order chi connectivity index (χ0) is 26.9. The highest BCUT2D eigenvalue weighted by Gasteiger charge is 2.21. The van der Waals surface area contributed by atoms with Gasteiger partial charge in [0.2, 0.25) is 0 Å². The maximum atomic E-state index is 13.1. The van der Waals surface area contributed by atoms with Crippen molar-refractivity contribution < 1.29 is 23.9 Å². The number of hydrogen-bond acceptors (Lipinski definition) is 6. The topological polar surface area (TPSA) is 128 Å². The van der Waals surface area contributed by atoms with E-state index in [-0.39, 0.29) is 24.8 Å². The number of nitrogens with zero attached hydrogens (tertiary/aromatic N) is 2. The Labute approximate surface area is 216 Å². The molecule has 9 heteroatoms. The van der Waals surface area contributed by atoms with E-state index in [2.05, 4.69) is 0 Å². The molecule has 3 N–H and O–H groups in total. The van der Waals surface area contributed by atoms with Crippen molar-refractivity contribution in [2.45, 2.75) is 39.5 Å². The highest BCUT2D eigenvalue weighted by atomic mass is 16.6. The summed E-state index contributed by atoms with van der Waals surface area (Å²) in [5.41, 5.74) is 8.50. The Kier molecular flexibility index (Phi) is 9.43. The number of unbranched alkanes of at least 4 members (excludes halogenated alkanes) is 1. The summed E-state index contributed by atoms with van der Waals surface area (Å²) in [7, 11) is 1.86. The summed E-state index contributed by atoms with van der Waals surface area (Å²) in [6, 6.07) is 12.4. The van der Waals surface area contributed by atoms with Gasteiger partial charge in [-0.15, -0.1) is 0 Å². The summed E-state index contributed by atoms with van der Waals surface area (Å²) >= 11 is 0. The van der Waals surface area contributed by atoms with Crippen molar-refractivity contribution in [3.05, 3.63) is 65.4 Å². The predicted octanol–water partition coefficient (Wildman–Crippen LogP) is 4.44. The van der Waals surface area contributed by atoms with Gasteiger partial charge in [-0.2, -0.15) is 0 Å². The van der Waals surface area contributed by atoms with E-state index in [1.54, 1.807) is 43.5 Å². The number of rotatable bonds is 12. The van der Waals surface area contributed by atoms with Crippen LogP contribution in [0.15, 0.2) is 48.7 Å². The molecule has 37 heavy (non-hydrogen) atoms. The van der Waals surface area contributed by atoms with Gasteiger partial charge in [0.05, 0.1) is 6.61 Å². The normalized spacial score (nSPS) is 10.8. The second-order valence-corrected chi connectivity index (χ2v) is 8.81. The smallest absolute Gasteiger partial charge is 0.415 e. The van der Waals surface area contributed by atoms with E-state index in [1.807, 2.05) is 30.7 Å². The SMILES string of the molecule is CCCCN(CC(=O)OCC)C(=O)Oc1ccc2c(c1)c(C(=O)CCc1ccc(C(=N)N)cc1)cn2C. The minimum Gasteiger partial charge on any atom is -0.465 e. The highest BCUT2D eigenvalue weighted by Crippen LogP contribution is 2.27. The van der Waals surface area contributed by atoms with Gasteiger partial charge in [0.15, 0.2) is 5.78 Å². The second kappa shape index (κ2) is 12.7. The van der Waals surface area contributed by atoms with E-state index in [4.69, 9.17) is 20.6 Å². The van der Waals surface area contributed by atoms with Crippen LogP contribution >= 0.6 is 0 Å². The van der Waals surface area contributed by atoms with E-state index < -0.39 is 12.1 Å². The number of aryl methyl sites for hydroxylation is 2. The minimum atomic E-state index is -0.640. The number of nitrogen functional groups attached to an aromatic ring is 1. The largest absolute Gasteiger partial charge is 0.465 e. The Balaban J connectivity index is 1.75. The van der Waals surface area contributed by atoms with E-state index in [9.17, 15) is 14.4 Å². The molecule has 1 aromatic heterocycles. The van der Waals surface area contributed by atoms with Crippen molar-refractivity contribution in [1.82, 2.24) is 9.47 Å². The number of fused-ring (bicyclic) bond motifs is 1. The molecule has 1 heterocycles. The molecule has 3 rings (SSSR count). The summed E-state index contributed by atoms with van der Waals surface area (Å²) in [4.78, 5) is 39.3. The van der Waals surface area contributed by atoms with Gasteiger partial charge >= 0.3 is 12.1 Å². The fourth-order valence-corrected chi connectivity index (χ4v) is 4.01. The number of esters is 1. The molecule has 0 bridgehead atoms. The third kappa shape index (κ3) is 7.19. The quantitative estimate of drug-likeness (QED) is 0.162. The van der Waals surface area contributed by atoms with Crippen molar-refractivity contribution in [2.24, 2.45) is 12.8 Å². The maximum absolute atomic E-state index is 13.1. The lowest BCUT2D eigenvalue weighted by molar-refractivity contribution is -0.143. The molecule has 1 amide bonds. The van der Waals surface area contributed by atoms with Crippen molar-refractivity contribution in [3.8, 4) is 5.75 Å². The number of amidine groups is 1. The van der Waals surface area contributed by atoms with Crippen molar-refractivity contribution in [3.63, 3.8) is 0 Å². The summed E-state index contributed by atoms with van der Waals surface area (Å²) < 4.78 is 12.4. The van der Waals surface area contributed by atoms with Gasteiger partial charge in [-0.05, 0) is 43.5 Å². The van der Waals surface area contributed by atoms with Crippen LogP contribution in [0.5, 0.6) is 5.75 Å².